The first kappa shape index (κ1) is 22.1. The predicted octanol–water partition coefficient (Wildman–Crippen LogP) is 3.41. The molecule has 1 fully saturated rings. The van der Waals surface area contributed by atoms with E-state index in [-0.39, 0.29) is 17.4 Å². The van der Waals surface area contributed by atoms with E-state index in [1.54, 1.807) is 14.2 Å². The number of piperidine rings is 1. The van der Waals surface area contributed by atoms with Crippen LogP contribution in [0.3, 0.4) is 0 Å². The van der Waals surface area contributed by atoms with Crippen molar-refractivity contribution in [1.82, 2.24) is 15.3 Å². The number of benzene rings is 1. The Balaban J connectivity index is 1.68. The fourth-order valence-corrected chi connectivity index (χ4v) is 4.96. The number of amides is 1. The Labute approximate surface area is 190 Å². The molecule has 0 bridgehead atoms. The summed E-state index contributed by atoms with van der Waals surface area (Å²) in [6.07, 6.45) is 2.62. The Morgan fingerprint density at radius 1 is 1.31 bits per heavy atom. The van der Waals surface area contributed by atoms with E-state index in [9.17, 15) is 9.59 Å². The third kappa shape index (κ3) is 4.29. The average molecular weight is 457 g/mol. The van der Waals surface area contributed by atoms with Crippen molar-refractivity contribution in [2.24, 2.45) is 5.92 Å². The molecule has 0 spiro atoms. The highest BCUT2D eigenvalue weighted by Gasteiger charge is 2.27. The molecule has 4 rings (SSSR count). The van der Waals surface area contributed by atoms with Gasteiger partial charge < -0.3 is 19.7 Å². The maximum atomic E-state index is 12.8. The number of hydrogen-bond donors (Lipinski definition) is 2. The molecule has 1 aliphatic rings. The first-order chi connectivity index (χ1) is 15.5. The number of hydrogen-bond acceptors (Lipinski definition) is 7. The Bertz CT molecular complexity index is 1170. The molecule has 2 aromatic heterocycles. The van der Waals surface area contributed by atoms with E-state index in [1.165, 1.54) is 11.3 Å². The van der Waals surface area contributed by atoms with Crippen LogP contribution in [0.4, 0.5) is 5.95 Å². The summed E-state index contributed by atoms with van der Waals surface area (Å²) >= 11 is 1.37. The highest BCUT2D eigenvalue weighted by Crippen LogP contribution is 2.37. The Hall–Kier alpha value is -3.07. The van der Waals surface area contributed by atoms with Crippen LogP contribution in [0.25, 0.3) is 21.3 Å². The van der Waals surface area contributed by atoms with E-state index in [1.807, 2.05) is 35.4 Å². The number of thiophene rings is 1. The largest absolute Gasteiger partial charge is 0.493 e. The number of aromatic amines is 1. The number of H-pyrrole nitrogens is 1. The van der Waals surface area contributed by atoms with Crippen LogP contribution in [0.1, 0.15) is 26.2 Å². The monoisotopic (exact) mass is 456 g/mol. The van der Waals surface area contributed by atoms with Gasteiger partial charge in [0.25, 0.3) is 5.56 Å². The first-order valence-electron chi connectivity index (χ1n) is 10.8. The zero-order chi connectivity index (χ0) is 22.7. The first-order valence-corrected chi connectivity index (χ1v) is 11.7. The molecule has 0 radical (unpaired) electrons. The molecule has 1 aromatic carbocycles. The normalized spacial score (nSPS) is 16.2. The van der Waals surface area contributed by atoms with Gasteiger partial charge in [-0.15, -0.1) is 11.3 Å². The summed E-state index contributed by atoms with van der Waals surface area (Å²) in [5.41, 5.74) is 2.25. The van der Waals surface area contributed by atoms with Crippen LogP contribution in [-0.4, -0.2) is 49.7 Å². The smallest absolute Gasteiger partial charge is 0.270 e. The molecule has 1 saturated heterocycles. The number of nitrogens with zero attached hydrogens (tertiary/aromatic N) is 2. The lowest BCUT2D eigenvalue weighted by Gasteiger charge is -2.32. The molecular weight excluding hydrogens is 428 g/mol. The highest BCUT2D eigenvalue weighted by atomic mass is 32.1. The van der Waals surface area contributed by atoms with Crippen molar-refractivity contribution in [2.45, 2.75) is 26.2 Å². The second kappa shape index (κ2) is 9.60. The SMILES string of the molecule is CCCNC(=O)[C@H]1CCCN(c2nc3c(-c4ccc(OC)c(OC)c4)csc3c(=O)[nH]2)C1. The van der Waals surface area contributed by atoms with E-state index in [0.29, 0.717) is 40.8 Å². The van der Waals surface area contributed by atoms with E-state index < -0.39 is 0 Å². The van der Waals surface area contributed by atoms with Crippen LogP contribution in [0.5, 0.6) is 11.5 Å². The van der Waals surface area contributed by atoms with Gasteiger partial charge in [-0.2, -0.15) is 0 Å². The van der Waals surface area contributed by atoms with Gasteiger partial charge in [-0.05, 0) is 37.0 Å². The molecule has 0 saturated carbocycles. The second-order valence-electron chi connectivity index (χ2n) is 7.86. The number of anilines is 1. The van der Waals surface area contributed by atoms with Crippen LogP contribution in [0.15, 0.2) is 28.4 Å². The fourth-order valence-electron chi connectivity index (χ4n) is 4.05. The molecule has 0 unspecified atom stereocenters. The van der Waals surface area contributed by atoms with Crippen molar-refractivity contribution >= 4 is 33.4 Å². The highest BCUT2D eigenvalue weighted by molar-refractivity contribution is 7.17. The number of carbonyl (C=O) groups is 1. The van der Waals surface area contributed by atoms with Crippen molar-refractivity contribution in [1.29, 1.82) is 0 Å². The van der Waals surface area contributed by atoms with Gasteiger partial charge in [0.15, 0.2) is 11.5 Å². The van der Waals surface area contributed by atoms with E-state index in [0.717, 1.165) is 36.9 Å². The molecule has 170 valence electrons. The summed E-state index contributed by atoms with van der Waals surface area (Å²) in [7, 11) is 3.19. The Morgan fingerprint density at radius 3 is 2.88 bits per heavy atom. The molecule has 2 N–H and O–H groups in total. The van der Waals surface area contributed by atoms with Gasteiger partial charge in [-0.25, -0.2) is 4.98 Å². The van der Waals surface area contributed by atoms with Crippen LogP contribution in [-0.2, 0) is 4.79 Å². The Morgan fingerprint density at radius 2 is 2.12 bits per heavy atom. The zero-order valence-corrected chi connectivity index (χ0v) is 19.4. The summed E-state index contributed by atoms with van der Waals surface area (Å²) in [5.74, 6) is 1.73. The van der Waals surface area contributed by atoms with E-state index in [4.69, 9.17) is 14.5 Å². The molecule has 0 aliphatic carbocycles. The number of methoxy groups -OCH3 is 2. The molecule has 8 nitrogen and oxygen atoms in total. The number of aromatic nitrogens is 2. The number of carbonyl (C=O) groups excluding carboxylic acids is 1. The van der Waals surface area contributed by atoms with Crippen molar-refractivity contribution < 1.29 is 14.3 Å². The van der Waals surface area contributed by atoms with Gasteiger partial charge >= 0.3 is 0 Å². The third-order valence-corrected chi connectivity index (χ3v) is 6.72. The van der Waals surface area contributed by atoms with E-state index >= 15 is 0 Å². The number of rotatable bonds is 7. The lowest BCUT2D eigenvalue weighted by Crippen LogP contribution is -2.44. The lowest BCUT2D eigenvalue weighted by atomic mass is 9.97. The topological polar surface area (TPSA) is 96.6 Å². The molecule has 1 atom stereocenters. The van der Waals surface area contributed by atoms with Crippen LogP contribution in [0, 0.1) is 5.92 Å². The minimum atomic E-state index is -0.167. The fraction of sp³-hybridized carbons (Fsp3) is 0.435. The summed E-state index contributed by atoms with van der Waals surface area (Å²) in [6, 6.07) is 5.66. The van der Waals surface area contributed by atoms with Gasteiger partial charge in [0.05, 0.1) is 25.7 Å². The van der Waals surface area contributed by atoms with Crippen molar-refractivity contribution in [3.8, 4) is 22.6 Å². The third-order valence-electron chi connectivity index (χ3n) is 5.75. The molecule has 1 aliphatic heterocycles. The maximum absolute atomic E-state index is 12.8. The number of nitrogens with one attached hydrogen (secondary N) is 2. The minimum Gasteiger partial charge on any atom is -0.493 e. The van der Waals surface area contributed by atoms with Gasteiger partial charge in [0.1, 0.15) is 4.70 Å². The maximum Gasteiger partial charge on any atom is 0.270 e. The van der Waals surface area contributed by atoms with Crippen LogP contribution < -0.4 is 25.2 Å². The molecule has 32 heavy (non-hydrogen) atoms. The molecule has 3 aromatic rings. The molecule has 1 amide bonds. The predicted molar refractivity (Wildman–Crippen MR) is 127 cm³/mol. The molecule has 9 heteroatoms. The van der Waals surface area contributed by atoms with Crippen molar-refractivity contribution in [3.05, 3.63) is 33.9 Å². The Kier molecular flexibility index (Phi) is 6.64. The van der Waals surface area contributed by atoms with Crippen molar-refractivity contribution in [2.75, 3.05) is 38.8 Å². The lowest BCUT2D eigenvalue weighted by molar-refractivity contribution is -0.125. The van der Waals surface area contributed by atoms with Crippen LogP contribution in [0.2, 0.25) is 0 Å². The molecular formula is C23H28N4O4S. The van der Waals surface area contributed by atoms with Gasteiger partial charge in [-0.1, -0.05) is 13.0 Å². The standard InChI is InChI=1S/C23H28N4O4S/c1-4-9-24-21(28)15-6-5-10-27(12-15)23-25-19-16(13-32-20(19)22(29)26-23)14-7-8-17(30-2)18(11-14)31-3/h7-8,11,13,15H,4-6,9-10,12H2,1-3H3,(H,24,28)(H,25,26,29)/t15-/m0/s1. The molecule has 3 heterocycles. The van der Waals surface area contributed by atoms with Gasteiger partial charge in [-0.3, -0.25) is 14.6 Å². The number of fused-ring (bicyclic) bond motifs is 1. The van der Waals surface area contributed by atoms with Gasteiger partial charge in [0.2, 0.25) is 11.9 Å². The zero-order valence-electron chi connectivity index (χ0n) is 18.6. The summed E-state index contributed by atoms with van der Waals surface area (Å²) < 4.78 is 11.3. The van der Waals surface area contributed by atoms with Crippen LogP contribution >= 0.6 is 11.3 Å². The average Bonchev–Trinajstić information content (AvgIpc) is 3.26. The van der Waals surface area contributed by atoms with Crippen molar-refractivity contribution in [3.63, 3.8) is 0 Å². The van der Waals surface area contributed by atoms with E-state index in [2.05, 4.69) is 10.3 Å². The summed E-state index contributed by atoms with van der Waals surface area (Å²) in [4.78, 5) is 35.1. The minimum absolute atomic E-state index is 0.0709. The van der Waals surface area contributed by atoms with Gasteiger partial charge in [0, 0.05) is 30.6 Å². The number of ether oxygens (including phenoxy) is 2. The second-order valence-corrected chi connectivity index (χ2v) is 8.74. The summed E-state index contributed by atoms with van der Waals surface area (Å²) in [6.45, 7) is 4.01. The summed E-state index contributed by atoms with van der Waals surface area (Å²) in [5, 5.41) is 4.92. The quantitative estimate of drug-likeness (QED) is 0.566.